The number of nitrogens with zero attached hydrogens (tertiary/aromatic N) is 4. The molecule has 0 fully saturated rings. The van der Waals surface area contributed by atoms with Crippen molar-refractivity contribution in [1.29, 1.82) is 0 Å². The summed E-state index contributed by atoms with van der Waals surface area (Å²) in [6.45, 7) is 5.13. The van der Waals surface area contributed by atoms with Crippen LogP contribution in [-0.2, 0) is 7.05 Å². The maximum absolute atomic E-state index is 5.66. The molecule has 1 aromatic heterocycles. The Labute approximate surface area is 94.8 Å². The number of aryl methyl sites for hydroxylation is 1. The van der Waals surface area contributed by atoms with E-state index in [0.29, 0.717) is 0 Å². The van der Waals surface area contributed by atoms with E-state index < -0.39 is 0 Å². The van der Waals surface area contributed by atoms with Crippen LogP contribution in [0, 0.1) is 5.41 Å². The lowest BCUT2D eigenvalue weighted by Crippen LogP contribution is -2.23. The summed E-state index contributed by atoms with van der Waals surface area (Å²) in [7, 11) is 1.85. The molecule has 0 aromatic carbocycles. The molecule has 1 heterocycles. The molecule has 0 aliphatic rings. The Morgan fingerprint density at radius 2 is 2.20 bits per heavy atom. The summed E-state index contributed by atoms with van der Waals surface area (Å²) in [6.07, 6.45) is 2.28. The summed E-state index contributed by atoms with van der Waals surface area (Å²) in [5, 5.41) is 12.1. The minimum absolute atomic E-state index is 0.249. The molecule has 0 unspecified atom stereocenters. The molecule has 0 spiro atoms. The van der Waals surface area contributed by atoms with Crippen LogP contribution in [0.4, 0.5) is 0 Å². The van der Waals surface area contributed by atoms with Gasteiger partial charge in [0.1, 0.15) is 0 Å². The number of nitrogens with two attached hydrogens (primary N) is 1. The van der Waals surface area contributed by atoms with Crippen molar-refractivity contribution in [2.75, 3.05) is 12.3 Å². The van der Waals surface area contributed by atoms with Gasteiger partial charge in [-0.3, -0.25) is 0 Å². The van der Waals surface area contributed by atoms with Gasteiger partial charge in [0.2, 0.25) is 5.16 Å². The van der Waals surface area contributed by atoms with Crippen molar-refractivity contribution in [2.45, 2.75) is 31.8 Å². The number of hydrogen-bond acceptors (Lipinski definition) is 5. The molecule has 1 rings (SSSR count). The van der Waals surface area contributed by atoms with Crippen molar-refractivity contribution < 1.29 is 0 Å². The van der Waals surface area contributed by atoms with Crippen LogP contribution in [-0.4, -0.2) is 32.5 Å². The van der Waals surface area contributed by atoms with E-state index in [-0.39, 0.29) is 5.41 Å². The molecule has 0 aliphatic heterocycles. The number of aromatic nitrogens is 4. The van der Waals surface area contributed by atoms with Gasteiger partial charge < -0.3 is 5.73 Å². The quantitative estimate of drug-likeness (QED) is 0.583. The topological polar surface area (TPSA) is 69.6 Å². The van der Waals surface area contributed by atoms with Crippen molar-refractivity contribution in [3.8, 4) is 0 Å². The van der Waals surface area contributed by atoms with Crippen LogP contribution in [0.5, 0.6) is 0 Å². The standard InChI is InChI=1S/C9H19N5S/c1-9(2,7-10)5-4-6-15-8-11-12-13-14(8)3/h4-7,10H2,1-3H3. The largest absolute Gasteiger partial charge is 0.330 e. The first-order valence-electron chi connectivity index (χ1n) is 5.10. The number of hydrogen-bond donors (Lipinski definition) is 1. The lowest BCUT2D eigenvalue weighted by molar-refractivity contribution is 0.345. The van der Waals surface area contributed by atoms with E-state index in [1.807, 2.05) is 7.05 Å². The second kappa shape index (κ2) is 5.46. The van der Waals surface area contributed by atoms with Crippen molar-refractivity contribution in [2.24, 2.45) is 18.2 Å². The van der Waals surface area contributed by atoms with Gasteiger partial charge in [0, 0.05) is 12.8 Å². The molecule has 0 atom stereocenters. The first-order chi connectivity index (χ1) is 7.05. The van der Waals surface area contributed by atoms with Crippen LogP contribution in [0.1, 0.15) is 26.7 Å². The fraction of sp³-hybridized carbons (Fsp3) is 0.889. The monoisotopic (exact) mass is 229 g/mol. The predicted octanol–water partition coefficient (Wildman–Crippen LogP) is 1.07. The summed E-state index contributed by atoms with van der Waals surface area (Å²) in [4.78, 5) is 0. The zero-order valence-electron chi connectivity index (χ0n) is 9.60. The van der Waals surface area contributed by atoms with Crippen molar-refractivity contribution in [3.63, 3.8) is 0 Å². The van der Waals surface area contributed by atoms with Gasteiger partial charge >= 0.3 is 0 Å². The highest BCUT2D eigenvalue weighted by Gasteiger charge is 2.14. The Kier molecular flexibility index (Phi) is 4.53. The fourth-order valence-electron chi connectivity index (χ4n) is 1.16. The number of rotatable bonds is 6. The molecule has 0 bridgehead atoms. The molecule has 0 saturated heterocycles. The van der Waals surface area contributed by atoms with E-state index in [4.69, 9.17) is 5.73 Å². The second-order valence-corrected chi connectivity index (χ2v) is 5.47. The molecule has 1 aromatic rings. The molecular weight excluding hydrogens is 210 g/mol. The van der Waals surface area contributed by atoms with E-state index in [1.165, 1.54) is 0 Å². The van der Waals surface area contributed by atoms with E-state index in [9.17, 15) is 0 Å². The maximum Gasteiger partial charge on any atom is 0.209 e. The summed E-state index contributed by atoms with van der Waals surface area (Å²) in [6, 6.07) is 0. The molecule has 2 N–H and O–H groups in total. The van der Waals surface area contributed by atoms with Gasteiger partial charge in [0.15, 0.2) is 0 Å². The smallest absolute Gasteiger partial charge is 0.209 e. The lowest BCUT2D eigenvalue weighted by atomic mass is 9.88. The average Bonchev–Trinajstić information content (AvgIpc) is 2.59. The third-order valence-electron chi connectivity index (χ3n) is 2.36. The molecular formula is C9H19N5S. The van der Waals surface area contributed by atoms with Crippen molar-refractivity contribution in [3.05, 3.63) is 0 Å². The van der Waals surface area contributed by atoms with E-state index >= 15 is 0 Å². The summed E-state index contributed by atoms with van der Waals surface area (Å²) in [5.74, 6) is 1.04. The van der Waals surface area contributed by atoms with Gasteiger partial charge in [0.25, 0.3) is 0 Å². The molecule has 5 nitrogen and oxygen atoms in total. The minimum Gasteiger partial charge on any atom is -0.330 e. The third-order valence-corrected chi connectivity index (χ3v) is 3.46. The van der Waals surface area contributed by atoms with Crippen LogP contribution in [0.2, 0.25) is 0 Å². The van der Waals surface area contributed by atoms with Crippen LogP contribution in [0.3, 0.4) is 0 Å². The molecule has 0 radical (unpaired) electrons. The van der Waals surface area contributed by atoms with E-state index in [2.05, 4.69) is 29.4 Å². The molecule has 6 heteroatoms. The molecule has 0 aliphatic carbocycles. The molecule has 0 amide bonds. The first-order valence-corrected chi connectivity index (χ1v) is 6.09. The average molecular weight is 229 g/mol. The highest BCUT2D eigenvalue weighted by Crippen LogP contribution is 2.23. The fourth-order valence-corrected chi connectivity index (χ4v) is 1.95. The molecule has 86 valence electrons. The minimum atomic E-state index is 0.249. The van der Waals surface area contributed by atoms with Gasteiger partial charge in [-0.15, -0.1) is 5.10 Å². The highest BCUT2D eigenvalue weighted by molar-refractivity contribution is 7.99. The van der Waals surface area contributed by atoms with Gasteiger partial charge in [-0.25, -0.2) is 4.68 Å². The number of tetrazole rings is 1. The molecule has 0 saturated carbocycles. The zero-order valence-corrected chi connectivity index (χ0v) is 10.4. The van der Waals surface area contributed by atoms with Crippen LogP contribution >= 0.6 is 11.8 Å². The van der Waals surface area contributed by atoms with Crippen LogP contribution in [0.25, 0.3) is 0 Å². The van der Waals surface area contributed by atoms with Crippen molar-refractivity contribution in [1.82, 2.24) is 20.2 Å². The normalized spacial score (nSPS) is 12.0. The van der Waals surface area contributed by atoms with Gasteiger partial charge in [-0.2, -0.15) is 0 Å². The van der Waals surface area contributed by atoms with Crippen LogP contribution < -0.4 is 5.73 Å². The Morgan fingerprint density at radius 1 is 1.47 bits per heavy atom. The Morgan fingerprint density at radius 3 is 2.73 bits per heavy atom. The Balaban J connectivity index is 2.20. The van der Waals surface area contributed by atoms with E-state index in [0.717, 1.165) is 30.3 Å². The third kappa shape index (κ3) is 4.17. The van der Waals surface area contributed by atoms with Crippen molar-refractivity contribution >= 4 is 11.8 Å². The van der Waals surface area contributed by atoms with Gasteiger partial charge in [0.05, 0.1) is 0 Å². The lowest BCUT2D eigenvalue weighted by Gasteiger charge is -2.21. The first kappa shape index (κ1) is 12.4. The summed E-state index contributed by atoms with van der Waals surface area (Å²) in [5.41, 5.74) is 5.91. The van der Waals surface area contributed by atoms with Gasteiger partial charge in [-0.05, 0) is 35.2 Å². The maximum atomic E-state index is 5.66. The zero-order chi connectivity index (χ0) is 11.3. The summed E-state index contributed by atoms with van der Waals surface area (Å²) >= 11 is 1.69. The predicted molar refractivity (Wildman–Crippen MR) is 61.6 cm³/mol. The summed E-state index contributed by atoms with van der Waals surface area (Å²) < 4.78 is 1.69. The van der Waals surface area contributed by atoms with Gasteiger partial charge in [-0.1, -0.05) is 25.6 Å². The SMILES string of the molecule is Cn1nnnc1SCCCC(C)(C)CN. The van der Waals surface area contributed by atoms with E-state index in [1.54, 1.807) is 16.4 Å². The highest BCUT2D eigenvalue weighted by atomic mass is 32.2. The van der Waals surface area contributed by atoms with Crippen LogP contribution in [0.15, 0.2) is 5.16 Å². The number of thioether (sulfide) groups is 1. The Bertz CT molecular complexity index is 296. The Hall–Kier alpha value is -0.620. The molecule has 15 heavy (non-hydrogen) atoms. The second-order valence-electron chi connectivity index (χ2n) is 4.41.